The highest BCUT2D eigenvalue weighted by Crippen LogP contribution is 2.37. The number of ether oxygens (including phenoxy) is 1. The molecule has 0 radical (unpaired) electrons. The quantitative estimate of drug-likeness (QED) is 0.691. The highest BCUT2D eigenvalue weighted by Gasteiger charge is 2.47. The Balaban J connectivity index is 1.36. The number of likely N-dealkylation sites (tertiary alicyclic amines) is 1. The molecule has 3 unspecified atom stereocenters. The number of allylic oxidation sites excluding steroid dienone is 6. The molecule has 6 heteroatoms. The predicted molar refractivity (Wildman–Crippen MR) is 131 cm³/mol. The summed E-state index contributed by atoms with van der Waals surface area (Å²) < 4.78 is 5.38. The molecule has 1 aromatic carbocycles. The summed E-state index contributed by atoms with van der Waals surface area (Å²) in [5.74, 6) is 0.00206. The summed E-state index contributed by atoms with van der Waals surface area (Å²) >= 11 is 0. The molecule has 2 saturated heterocycles. The lowest BCUT2D eigenvalue weighted by Gasteiger charge is -2.29. The molecule has 4 aliphatic rings. The van der Waals surface area contributed by atoms with Crippen molar-refractivity contribution in [1.82, 2.24) is 9.80 Å². The Hall–Kier alpha value is -3.12. The molecule has 2 aliphatic heterocycles. The van der Waals surface area contributed by atoms with Crippen LogP contribution in [0.4, 0.5) is 4.79 Å². The number of cyclic esters (lactones) is 1. The standard InChI is InChI=1S/C28H33N3O3/c29-23-13-11-22(12-14-23)25-17-30(16-21-9-5-2-6-10-21)18-26(25)27(32)31-24(19-34-28(31)33)15-20-7-3-1-4-8-20/h2-3,5-11,13-14,22,24-26H,1,4,12,15-19,29H2/t22?,24?,25-,26?/m0/s1. The first-order valence-corrected chi connectivity index (χ1v) is 12.3. The molecule has 34 heavy (non-hydrogen) atoms. The van der Waals surface area contributed by atoms with Gasteiger partial charge in [-0.05, 0) is 49.2 Å². The minimum absolute atomic E-state index is 0.0932. The summed E-state index contributed by atoms with van der Waals surface area (Å²) in [6.07, 6.45) is 15.6. The lowest BCUT2D eigenvalue weighted by atomic mass is 9.79. The van der Waals surface area contributed by atoms with Crippen molar-refractivity contribution in [3.63, 3.8) is 0 Å². The molecule has 0 spiro atoms. The average molecular weight is 460 g/mol. The fraction of sp³-hybridized carbons (Fsp3) is 0.429. The summed E-state index contributed by atoms with van der Waals surface area (Å²) in [4.78, 5) is 30.4. The Morgan fingerprint density at radius 3 is 2.68 bits per heavy atom. The Labute approximate surface area is 201 Å². The minimum atomic E-state index is -0.501. The number of carbonyl (C=O) groups excluding carboxylic acids is 2. The maximum absolute atomic E-state index is 13.9. The van der Waals surface area contributed by atoms with E-state index in [1.807, 2.05) is 30.4 Å². The Bertz CT molecular complexity index is 1040. The second-order valence-corrected chi connectivity index (χ2v) is 9.81. The number of hydrogen-bond acceptors (Lipinski definition) is 5. The number of nitrogens with zero attached hydrogens (tertiary/aromatic N) is 2. The molecule has 2 heterocycles. The fourth-order valence-electron chi connectivity index (χ4n) is 5.70. The highest BCUT2D eigenvalue weighted by atomic mass is 16.6. The second kappa shape index (κ2) is 10.0. The van der Waals surface area contributed by atoms with Crippen LogP contribution in [0.5, 0.6) is 0 Å². The number of nitrogens with two attached hydrogens (primary N) is 1. The highest BCUT2D eigenvalue weighted by molar-refractivity contribution is 5.95. The number of amides is 2. The second-order valence-electron chi connectivity index (χ2n) is 9.81. The predicted octanol–water partition coefficient (Wildman–Crippen LogP) is 4.17. The molecule has 0 aromatic heterocycles. The normalized spacial score (nSPS) is 29.2. The van der Waals surface area contributed by atoms with Gasteiger partial charge in [0.25, 0.3) is 0 Å². The third-order valence-corrected chi connectivity index (χ3v) is 7.46. The van der Waals surface area contributed by atoms with E-state index >= 15 is 0 Å². The van der Waals surface area contributed by atoms with Crippen molar-refractivity contribution in [1.29, 1.82) is 0 Å². The van der Waals surface area contributed by atoms with Gasteiger partial charge in [-0.2, -0.15) is 0 Å². The van der Waals surface area contributed by atoms with Crippen LogP contribution in [-0.4, -0.2) is 47.5 Å². The molecule has 5 rings (SSSR count). The summed E-state index contributed by atoms with van der Waals surface area (Å²) in [7, 11) is 0. The number of rotatable bonds is 6. The SMILES string of the molecule is NC1=CCC([C@@H]2CN(Cc3ccccc3)CC2C(=O)N2C(=O)OCC2CC2=CCCC=C2)C=C1. The lowest BCUT2D eigenvalue weighted by molar-refractivity contribution is -0.134. The molecule has 6 nitrogen and oxygen atoms in total. The van der Waals surface area contributed by atoms with Crippen LogP contribution in [0.15, 0.2) is 78.1 Å². The third-order valence-electron chi connectivity index (χ3n) is 7.46. The zero-order valence-corrected chi connectivity index (χ0v) is 19.5. The molecule has 2 fully saturated rings. The van der Waals surface area contributed by atoms with Crippen LogP contribution in [0.1, 0.15) is 31.2 Å². The smallest absolute Gasteiger partial charge is 0.416 e. The van der Waals surface area contributed by atoms with E-state index in [0.717, 1.165) is 38.0 Å². The fourth-order valence-corrected chi connectivity index (χ4v) is 5.70. The molecule has 2 N–H and O–H groups in total. The topological polar surface area (TPSA) is 75.9 Å². The van der Waals surface area contributed by atoms with E-state index in [0.29, 0.717) is 13.0 Å². The third kappa shape index (κ3) is 4.87. The van der Waals surface area contributed by atoms with Crippen molar-refractivity contribution in [2.24, 2.45) is 23.5 Å². The maximum atomic E-state index is 13.9. The number of hydrogen-bond donors (Lipinski definition) is 1. The van der Waals surface area contributed by atoms with Gasteiger partial charge in [-0.1, -0.05) is 66.3 Å². The van der Waals surface area contributed by atoms with Crippen LogP contribution < -0.4 is 5.73 Å². The van der Waals surface area contributed by atoms with E-state index in [2.05, 4.69) is 41.3 Å². The van der Waals surface area contributed by atoms with Crippen LogP contribution in [0, 0.1) is 17.8 Å². The Morgan fingerprint density at radius 2 is 1.94 bits per heavy atom. The number of benzene rings is 1. The largest absolute Gasteiger partial charge is 0.447 e. The van der Waals surface area contributed by atoms with Crippen LogP contribution in [0.25, 0.3) is 0 Å². The minimum Gasteiger partial charge on any atom is -0.447 e. The van der Waals surface area contributed by atoms with Gasteiger partial charge in [0.2, 0.25) is 5.91 Å². The van der Waals surface area contributed by atoms with Crippen molar-refractivity contribution in [2.45, 2.75) is 38.3 Å². The van der Waals surface area contributed by atoms with Crippen LogP contribution in [0.2, 0.25) is 0 Å². The Kier molecular flexibility index (Phi) is 6.68. The molecule has 2 amide bonds. The zero-order chi connectivity index (χ0) is 23.5. The van der Waals surface area contributed by atoms with Gasteiger partial charge in [0.15, 0.2) is 0 Å². The van der Waals surface area contributed by atoms with Gasteiger partial charge in [-0.3, -0.25) is 9.69 Å². The van der Waals surface area contributed by atoms with Crippen molar-refractivity contribution >= 4 is 12.0 Å². The molecule has 4 atom stereocenters. The summed E-state index contributed by atoms with van der Waals surface area (Å²) in [6, 6.07) is 10.1. The number of carbonyl (C=O) groups is 2. The number of imide groups is 1. The monoisotopic (exact) mass is 459 g/mol. The first kappa shape index (κ1) is 22.7. The van der Waals surface area contributed by atoms with Gasteiger partial charge >= 0.3 is 6.09 Å². The van der Waals surface area contributed by atoms with E-state index < -0.39 is 6.09 Å². The van der Waals surface area contributed by atoms with Crippen LogP contribution in [-0.2, 0) is 16.1 Å². The van der Waals surface area contributed by atoms with Crippen LogP contribution >= 0.6 is 0 Å². The summed E-state index contributed by atoms with van der Waals surface area (Å²) in [5, 5.41) is 0. The lowest BCUT2D eigenvalue weighted by Crippen LogP contribution is -2.45. The molecular weight excluding hydrogens is 426 g/mol. The summed E-state index contributed by atoms with van der Waals surface area (Å²) in [5.41, 5.74) is 9.14. The van der Waals surface area contributed by atoms with Crippen LogP contribution in [0.3, 0.4) is 0 Å². The molecular formula is C28H33N3O3. The average Bonchev–Trinajstić information content (AvgIpc) is 3.44. The van der Waals surface area contributed by atoms with Gasteiger partial charge in [-0.15, -0.1) is 0 Å². The van der Waals surface area contributed by atoms with Crippen molar-refractivity contribution in [3.05, 3.63) is 83.6 Å². The van der Waals surface area contributed by atoms with E-state index in [4.69, 9.17) is 10.5 Å². The van der Waals surface area contributed by atoms with Gasteiger partial charge in [0.05, 0.1) is 12.0 Å². The van der Waals surface area contributed by atoms with E-state index in [9.17, 15) is 9.59 Å². The first-order chi connectivity index (χ1) is 16.6. The van der Waals surface area contributed by atoms with E-state index in [-0.39, 0.29) is 36.3 Å². The maximum Gasteiger partial charge on any atom is 0.416 e. The van der Waals surface area contributed by atoms with Gasteiger partial charge in [0.1, 0.15) is 6.61 Å². The van der Waals surface area contributed by atoms with Gasteiger partial charge < -0.3 is 10.5 Å². The van der Waals surface area contributed by atoms with Crippen molar-refractivity contribution < 1.29 is 14.3 Å². The first-order valence-electron chi connectivity index (χ1n) is 12.3. The molecule has 0 bridgehead atoms. The molecule has 178 valence electrons. The van der Waals surface area contributed by atoms with E-state index in [1.54, 1.807) is 0 Å². The molecule has 1 aromatic rings. The van der Waals surface area contributed by atoms with Gasteiger partial charge in [0, 0.05) is 25.3 Å². The van der Waals surface area contributed by atoms with Crippen molar-refractivity contribution in [3.8, 4) is 0 Å². The van der Waals surface area contributed by atoms with Gasteiger partial charge in [-0.25, -0.2) is 9.69 Å². The Morgan fingerprint density at radius 1 is 1.09 bits per heavy atom. The zero-order valence-electron chi connectivity index (χ0n) is 19.5. The van der Waals surface area contributed by atoms with E-state index in [1.165, 1.54) is 16.0 Å². The summed E-state index contributed by atoms with van der Waals surface area (Å²) in [6.45, 7) is 2.51. The molecule has 2 aliphatic carbocycles. The van der Waals surface area contributed by atoms with Crippen molar-refractivity contribution in [2.75, 3.05) is 19.7 Å². The molecule has 0 saturated carbocycles.